The predicted octanol–water partition coefficient (Wildman–Crippen LogP) is 8.29. The lowest BCUT2D eigenvalue weighted by atomic mass is 10.1. The van der Waals surface area contributed by atoms with E-state index in [0.717, 1.165) is 15.8 Å². The highest BCUT2D eigenvalue weighted by molar-refractivity contribution is 9.10. The minimum Gasteiger partial charge on any atom is -0.309 e. The Balaban J connectivity index is 1.80. The summed E-state index contributed by atoms with van der Waals surface area (Å²) in [7, 11) is 0. The molecule has 1 heterocycles. The number of halogens is 1. The van der Waals surface area contributed by atoms with Gasteiger partial charge in [0, 0.05) is 31.3 Å². The molecule has 0 fully saturated rings. The minimum absolute atomic E-state index is 1.08. The van der Waals surface area contributed by atoms with Crippen molar-refractivity contribution >= 4 is 64.5 Å². The second-order valence-corrected chi connectivity index (χ2v) is 8.37. The average Bonchev–Trinajstić information content (AvgIpc) is 3.10. The molecule has 27 heavy (non-hydrogen) atoms. The highest BCUT2D eigenvalue weighted by Gasteiger charge is 2.17. The molecule has 0 radical (unpaired) electrons. The zero-order valence-electron chi connectivity index (χ0n) is 14.5. The molecule has 5 aromatic rings. The van der Waals surface area contributed by atoms with Crippen LogP contribution in [0.1, 0.15) is 0 Å². The van der Waals surface area contributed by atoms with Crippen LogP contribution in [0.3, 0.4) is 0 Å². The van der Waals surface area contributed by atoms with Gasteiger partial charge >= 0.3 is 0 Å². The molecule has 0 saturated carbocycles. The molecule has 1 nitrogen and oxygen atoms in total. The first-order valence-corrected chi connectivity index (χ1v) is 10.4. The summed E-state index contributed by atoms with van der Waals surface area (Å²) >= 11 is 5.41. The van der Waals surface area contributed by atoms with Crippen LogP contribution in [0.4, 0.5) is 17.1 Å². The molecule has 0 bridgehead atoms. The van der Waals surface area contributed by atoms with Gasteiger partial charge in [-0.05, 0) is 48.5 Å². The molecule has 0 N–H and O–H groups in total. The summed E-state index contributed by atoms with van der Waals surface area (Å²) in [6.07, 6.45) is 0. The number of anilines is 3. The molecular formula is C24H16BrNS. The maximum Gasteiger partial charge on any atom is 0.0640 e. The third kappa shape index (κ3) is 2.93. The van der Waals surface area contributed by atoms with Crippen molar-refractivity contribution in [3.05, 3.63) is 102 Å². The smallest absolute Gasteiger partial charge is 0.0640 e. The van der Waals surface area contributed by atoms with Crippen molar-refractivity contribution in [2.45, 2.75) is 0 Å². The van der Waals surface area contributed by atoms with E-state index in [9.17, 15) is 0 Å². The Morgan fingerprint density at radius 3 is 2.07 bits per heavy atom. The summed E-state index contributed by atoms with van der Waals surface area (Å²) in [4.78, 5) is 2.34. The van der Waals surface area contributed by atoms with E-state index in [1.165, 1.54) is 25.9 Å². The van der Waals surface area contributed by atoms with E-state index in [0.29, 0.717) is 0 Å². The maximum absolute atomic E-state index is 3.55. The van der Waals surface area contributed by atoms with Gasteiger partial charge in [-0.2, -0.15) is 0 Å². The summed E-state index contributed by atoms with van der Waals surface area (Å²) < 4.78 is 3.72. The first-order valence-electron chi connectivity index (χ1n) is 8.82. The van der Waals surface area contributed by atoms with Crippen LogP contribution in [0.5, 0.6) is 0 Å². The zero-order chi connectivity index (χ0) is 18.2. The van der Waals surface area contributed by atoms with E-state index >= 15 is 0 Å². The fourth-order valence-electron chi connectivity index (χ4n) is 3.50. The number of nitrogens with zero attached hydrogens (tertiary/aromatic N) is 1. The molecule has 130 valence electrons. The zero-order valence-corrected chi connectivity index (χ0v) is 16.9. The van der Waals surface area contributed by atoms with Gasteiger partial charge in [-0.1, -0.05) is 64.5 Å². The lowest BCUT2D eigenvalue weighted by Gasteiger charge is -2.26. The Bertz CT molecular complexity index is 1230. The fourth-order valence-corrected chi connectivity index (χ4v) is 4.97. The van der Waals surface area contributed by atoms with Crippen molar-refractivity contribution in [1.82, 2.24) is 0 Å². The van der Waals surface area contributed by atoms with Gasteiger partial charge < -0.3 is 4.90 Å². The largest absolute Gasteiger partial charge is 0.309 e. The molecule has 0 aliphatic heterocycles. The van der Waals surface area contributed by atoms with E-state index < -0.39 is 0 Å². The number of thiophene rings is 1. The summed E-state index contributed by atoms with van der Waals surface area (Å²) in [5, 5.41) is 2.63. The molecule has 5 rings (SSSR count). The highest BCUT2D eigenvalue weighted by Crippen LogP contribution is 2.44. The van der Waals surface area contributed by atoms with E-state index in [1.807, 2.05) is 11.3 Å². The van der Waals surface area contributed by atoms with E-state index in [2.05, 4.69) is 118 Å². The van der Waals surface area contributed by atoms with Gasteiger partial charge in [0.1, 0.15) is 0 Å². The molecule has 4 aromatic carbocycles. The molecule has 3 heteroatoms. The lowest BCUT2D eigenvalue weighted by Crippen LogP contribution is -2.09. The van der Waals surface area contributed by atoms with Gasteiger partial charge in [0.15, 0.2) is 0 Å². The molecule has 0 aliphatic rings. The number of rotatable bonds is 3. The van der Waals surface area contributed by atoms with Crippen LogP contribution >= 0.6 is 27.3 Å². The topological polar surface area (TPSA) is 3.24 Å². The number of para-hydroxylation sites is 1. The van der Waals surface area contributed by atoms with Crippen LogP contribution in [0.15, 0.2) is 102 Å². The maximum atomic E-state index is 3.55. The summed E-state index contributed by atoms with van der Waals surface area (Å²) in [6.45, 7) is 0. The lowest BCUT2D eigenvalue weighted by molar-refractivity contribution is 1.30. The van der Waals surface area contributed by atoms with Crippen LogP contribution in [-0.2, 0) is 0 Å². The van der Waals surface area contributed by atoms with E-state index in [1.54, 1.807) is 0 Å². The van der Waals surface area contributed by atoms with Gasteiger partial charge in [-0.3, -0.25) is 0 Å². The number of fused-ring (bicyclic) bond motifs is 3. The van der Waals surface area contributed by atoms with E-state index in [4.69, 9.17) is 0 Å². The van der Waals surface area contributed by atoms with Crippen molar-refractivity contribution in [2.75, 3.05) is 4.90 Å². The second-order valence-electron chi connectivity index (χ2n) is 6.40. The molecular weight excluding hydrogens is 414 g/mol. The van der Waals surface area contributed by atoms with Gasteiger partial charge in [0.2, 0.25) is 0 Å². The SMILES string of the molecule is Brc1ccc(N(c2ccccc2)c2cccc3c2sc2ccccc23)cc1. The first-order chi connectivity index (χ1) is 13.3. The second kappa shape index (κ2) is 6.84. The third-order valence-electron chi connectivity index (χ3n) is 4.72. The third-order valence-corrected chi connectivity index (χ3v) is 6.46. The molecule has 0 amide bonds. The Labute approximate surface area is 170 Å². The Kier molecular flexibility index (Phi) is 4.19. The Morgan fingerprint density at radius 1 is 0.593 bits per heavy atom. The van der Waals surface area contributed by atoms with Crippen LogP contribution in [0.25, 0.3) is 20.2 Å². The molecule has 1 aromatic heterocycles. The Morgan fingerprint density at radius 2 is 1.26 bits per heavy atom. The van der Waals surface area contributed by atoms with Crippen molar-refractivity contribution in [1.29, 1.82) is 0 Å². The number of benzene rings is 4. The van der Waals surface area contributed by atoms with E-state index in [-0.39, 0.29) is 0 Å². The van der Waals surface area contributed by atoms with Crippen LogP contribution in [-0.4, -0.2) is 0 Å². The molecule has 0 aliphatic carbocycles. The van der Waals surface area contributed by atoms with Gasteiger partial charge in [-0.25, -0.2) is 0 Å². The van der Waals surface area contributed by atoms with Crippen molar-refractivity contribution in [2.24, 2.45) is 0 Å². The molecule has 0 unspecified atom stereocenters. The molecule has 0 atom stereocenters. The quantitative estimate of drug-likeness (QED) is 0.278. The van der Waals surface area contributed by atoms with Crippen molar-refractivity contribution in [3.63, 3.8) is 0 Å². The molecule has 0 spiro atoms. The van der Waals surface area contributed by atoms with Crippen LogP contribution in [0.2, 0.25) is 0 Å². The van der Waals surface area contributed by atoms with Gasteiger partial charge in [0.25, 0.3) is 0 Å². The van der Waals surface area contributed by atoms with Gasteiger partial charge in [-0.15, -0.1) is 11.3 Å². The molecule has 0 saturated heterocycles. The summed E-state index contributed by atoms with van der Waals surface area (Å²) in [5.41, 5.74) is 3.52. The van der Waals surface area contributed by atoms with Crippen LogP contribution in [0, 0.1) is 0 Å². The van der Waals surface area contributed by atoms with Crippen molar-refractivity contribution in [3.8, 4) is 0 Å². The first kappa shape index (κ1) is 16.5. The fraction of sp³-hybridized carbons (Fsp3) is 0. The van der Waals surface area contributed by atoms with Crippen molar-refractivity contribution < 1.29 is 0 Å². The van der Waals surface area contributed by atoms with Gasteiger partial charge in [0.05, 0.1) is 10.4 Å². The standard InChI is InChI=1S/C24H16BrNS/c25-17-13-15-19(16-14-17)26(18-7-2-1-3-8-18)22-11-6-10-21-20-9-4-5-12-23(20)27-24(21)22/h1-16H. The normalized spacial score (nSPS) is 11.1. The highest BCUT2D eigenvalue weighted by atomic mass is 79.9. The Hall–Kier alpha value is -2.62. The monoisotopic (exact) mass is 429 g/mol. The summed E-state index contributed by atoms with van der Waals surface area (Å²) in [5.74, 6) is 0. The average molecular weight is 430 g/mol. The number of hydrogen-bond acceptors (Lipinski definition) is 2. The van der Waals surface area contributed by atoms with Crippen LogP contribution < -0.4 is 4.90 Å². The predicted molar refractivity (Wildman–Crippen MR) is 122 cm³/mol. The summed E-state index contributed by atoms with van der Waals surface area (Å²) in [6, 6.07) is 34.3. The number of hydrogen-bond donors (Lipinski definition) is 0. The minimum atomic E-state index is 1.08.